The summed E-state index contributed by atoms with van der Waals surface area (Å²) in [4.78, 5) is 50.1. The normalized spacial score (nSPS) is 19.9. The van der Waals surface area contributed by atoms with Gasteiger partial charge in [0.15, 0.2) is 0 Å². The quantitative estimate of drug-likeness (QED) is 0.396. The van der Waals surface area contributed by atoms with Crippen LogP contribution in [0.2, 0.25) is 5.02 Å². The lowest BCUT2D eigenvalue weighted by Crippen LogP contribution is -2.53. The lowest BCUT2D eigenvalue weighted by Gasteiger charge is -2.25. The first-order valence-corrected chi connectivity index (χ1v) is 12.4. The van der Waals surface area contributed by atoms with E-state index in [4.69, 9.17) is 21.1 Å². The van der Waals surface area contributed by atoms with Crippen LogP contribution in [0, 0.1) is 11.8 Å². The van der Waals surface area contributed by atoms with E-state index in [2.05, 4.69) is 16.0 Å². The largest absolute Gasteiger partial charge is 0.467 e. The molecular formula is C25H34ClN3O6. The zero-order chi connectivity index (χ0) is 25.6. The van der Waals surface area contributed by atoms with Crippen molar-refractivity contribution in [2.24, 2.45) is 11.8 Å². The van der Waals surface area contributed by atoms with E-state index in [0.717, 1.165) is 18.4 Å². The predicted molar refractivity (Wildman–Crippen MR) is 130 cm³/mol. The highest BCUT2D eigenvalue weighted by molar-refractivity contribution is 6.30. The molecule has 0 radical (unpaired) electrons. The predicted octanol–water partition coefficient (Wildman–Crippen LogP) is 2.74. The van der Waals surface area contributed by atoms with Gasteiger partial charge in [0, 0.05) is 23.9 Å². The summed E-state index contributed by atoms with van der Waals surface area (Å²) in [6, 6.07) is 5.51. The molecule has 2 aliphatic rings. The summed E-state index contributed by atoms with van der Waals surface area (Å²) >= 11 is 6.07. The lowest BCUT2D eigenvalue weighted by molar-refractivity contribution is -0.146. The number of alkyl carbamates (subject to hydrolysis) is 1. The number of nitrogens with one attached hydrogen (secondary N) is 3. The van der Waals surface area contributed by atoms with Crippen molar-refractivity contribution in [2.45, 2.75) is 70.1 Å². The van der Waals surface area contributed by atoms with Gasteiger partial charge >= 0.3 is 12.1 Å². The maximum absolute atomic E-state index is 13.1. The fourth-order valence-corrected chi connectivity index (χ4v) is 4.54. The Morgan fingerprint density at radius 2 is 1.94 bits per heavy atom. The Morgan fingerprint density at radius 3 is 2.51 bits per heavy atom. The number of halogens is 1. The van der Waals surface area contributed by atoms with Gasteiger partial charge in [0.2, 0.25) is 11.8 Å². The van der Waals surface area contributed by atoms with Crippen LogP contribution in [0.3, 0.4) is 0 Å². The van der Waals surface area contributed by atoms with Gasteiger partial charge < -0.3 is 25.4 Å². The monoisotopic (exact) mass is 507 g/mol. The van der Waals surface area contributed by atoms with E-state index in [0.29, 0.717) is 30.8 Å². The Kier molecular flexibility index (Phi) is 8.99. The molecule has 0 bridgehead atoms. The Morgan fingerprint density at radius 1 is 1.20 bits per heavy atom. The maximum Gasteiger partial charge on any atom is 0.408 e. The SMILES string of the molecule is COC(=O)[C@H](C[C@@H]1CCNC1=O)NC(=O)[C@H](CC(C)C)NC(=O)OC1(Cc2cccc(Cl)c2)CC1. The van der Waals surface area contributed by atoms with E-state index < -0.39 is 35.7 Å². The van der Waals surface area contributed by atoms with Gasteiger partial charge in [-0.1, -0.05) is 37.6 Å². The van der Waals surface area contributed by atoms with Crippen LogP contribution < -0.4 is 16.0 Å². The smallest absolute Gasteiger partial charge is 0.408 e. The minimum absolute atomic E-state index is 0.0876. The van der Waals surface area contributed by atoms with Crippen molar-refractivity contribution in [3.05, 3.63) is 34.9 Å². The van der Waals surface area contributed by atoms with Gasteiger partial charge in [-0.05, 0) is 55.7 Å². The number of esters is 1. The summed E-state index contributed by atoms with van der Waals surface area (Å²) in [6.07, 6.45) is 2.36. The van der Waals surface area contributed by atoms with Gasteiger partial charge in [-0.25, -0.2) is 9.59 Å². The Bertz CT molecular complexity index is 949. The third kappa shape index (κ3) is 7.85. The van der Waals surface area contributed by atoms with Crippen molar-refractivity contribution >= 4 is 35.5 Å². The minimum Gasteiger partial charge on any atom is -0.467 e. The summed E-state index contributed by atoms with van der Waals surface area (Å²) < 4.78 is 10.6. The number of amides is 3. The summed E-state index contributed by atoms with van der Waals surface area (Å²) in [6.45, 7) is 4.39. The van der Waals surface area contributed by atoms with Crippen LogP contribution in [0.5, 0.6) is 0 Å². The number of hydrogen-bond acceptors (Lipinski definition) is 6. The number of methoxy groups -OCH3 is 1. The first-order valence-electron chi connectivity index (χ1n) is 12.0. The van der Waals surface area contributed by atoms with E-state index in [9.17, 15) is 19.2 Å². The average Bonchev–Trinajstić information content (AvgIpc) is 3.41. The van der Waals surface area contributed by atoms with Crippen LogP contribution in [0.4, 0.5) is 4.79 Å². The molecule has 1 heterocycles. The van der Waals surface area contributed by atoms with E-state index in [1.54, 1.807) is 6.07 Å². The second kappa shape index (κ2) is 11.7. The van der Waals surface area contributed by atoms with Gasteiger partial charge in [0.25, 0.3) is 0 Å². The minimum atomic E-state index is -0.994. The zero-order valence-corrected chi connectivity index (χ0v) is 21.2. The van der Waals surface area contributed by atoms with Gasteiger partial charge in [-0.3, -0.25) is 9.59 Å². The molecule has 0 aromatic heterocycles. The molecule has 3 atom stereocenters. The van der Waals surface area contributed by atoms with Crippen molar-refractivity contribution in [1.29, 1.82) is 0 Å². The van der Waals surface area contributed by atoms with E-state index in [1.165, 1.54) is 7.11 Å². The van der Waals surface area contributed by atoms with Crippen molar-refractivity contribution < 1.29 is 28.7 Å². The third-order valence-electron chi connectivity index (χ3n) is 6.33. The molecule has 1 saturated carbocycles. The standard InChI is InChI=1S/C25H34ClN3O6/c1-15(2)11-19(22(31)28-20(23(32)34-3)13-17-7-10-27-21(17)30)29-24(33)35-25(8-9-25)14-16-5-4-6-18(26)12-16/h4-6,12,15,17,19-20H,7-11,13-14H2,1-3H3,(H,27,30)(H,28,31)(H,29,33)/t17-,19-,20-/m0/s1. The molecule has 1 aromatic rings. The molecule has 3 N–H and O–H groups in total. The highest BCUT2D eigenvalue weighted by Gasteiger charge is 2.47. The van der Waals surface area contributed by atoms with E-state index in [1.807, 2.05) is 32.0 Å². The second-order valence-electron chi connectivity index (χ2n) is 9.80. The molecule has 1 aliphatic carbocycles. The van der Waals surface area contributed by atoms with Crippen LogP contribution in [0.15, 0.2) is 24.3 Å². The van der Waals surface area contributed by atoms with Crippen molar-refractivity contribution in [2.75, 3.05) is 13.7 Å². The number of rotatable bonds is 11. The van der Waals surface area contributed by atoms with Crippen molar-refractivity contribution in [3.63, 3.8) is 0 Å². The number of ether oxygens (including phenoxy) is 2. The van der Waals surface area contributed by atoms with Gasteiger partial charge in [-0.15, -0.1) is 0 Å². The molecule has 1 aliphatic heterocycles. The Labute approximate surface area is 210 Å². The highest BCUT2D eigenvalue weighted by atomic mass is 35.5. The molecule has 1 saturated heterocycles. The molecule has 2 fully saturated rings. The molecule has 3 amide bonds. The van der Waals surface area contributed by atoms with Gasteiger partial charge in [0.1, 0.15) is 17.7 Å². The summed E-state index contributed by atoms with van der Waals surface area (Å²) in [5.74, 6) is -1.61. The first-order chi connectivity index (χ1) is 16.6. The number of benzene rings is 1. The molecule has 1 aromatic carbocycles. The summed E-state index contributed by atoms with van der Waals surface area (Å²) in [5.41, 5.74) is 0.356. The number of hydrogen-bond donors (Lipinski definition) is 3. The van der Waals surface area contributed by atoms with Crippen LogP contribution in [0.25, 0.3) is 0 Å². The number of carbonyl (C=O) groups is 4. The molecule has 0 spiro atoms. The Balaban J connectivity index is 1.62. The molecule has 10 heteroatoms. The molecule has 0 unspecified atom stereocenters. The molecule has 9 nitrogen and oxygen atoms in total. The van der Waals surface area contributed by atoms with Crippen LogP contribution in [-0.2, 0) is 30.3 Å². The van der Waals surface area contributed by atoms with Crippen molar-refractivity contribution in [3.8, 4) is 0 Å². The van der Waals surface area contributed by atoms with Crippen LogP contribution in [-0.4, -0.2) is 55.2 Å². The topological polar surface area (TPSA) is 123 Å². The number of carbonyl (C=O) groups excluding carboxylic acids is 4. The maximum atomic E-state index is 13.1. The van der Waals surface area contributed by atoms with E-state index in [-0.39, 0.29) is 24.2 Å². The fourth-order valence-electron chi connectivity index (χ4n) is 4.33. The fraction of sp³-hybridized carbons (Fsp3) is 0.600. The average molecular weight is 508 g/mol. The van der Waals surface area contributed by atoms with E-state index >= 15 is 0 Å². The van der Waals surface area contributed by atoms with Gasteiger partial charge in [-0.2, -0.15) is 0 Å². The molecule has 35 heavy (non-hydrogen) atoms. The molecule has 3 rings (SSSR count). The lowest BCUT2D eigenvalue weighted by atomic mass is 9.97. The van der Waals surface area contributed by atoms with Crippen molar-refractivity contribution in [1.82, 2.24) is 16.0 Å². The molecule has 192 valence electrons. The van der Waals surface area contributed by atoms with Crippen LogP contribution >= 0.6 is 11.6 Å². The summed E-state index contributed by atoms with van der Waals surface area (Å²) in [7, 11) is 1.23. The zero-order valence-electron chi connectivity index (χ0n) is 20.4. The Hall–Kier alpha value is -2.81. The van der Waals surface area contributed by atoms with Gasteiger partial charge in [0.05, 0.1) is 7.11 Å². The van der Waals surface area contributed by atoms with Crippen LogP contribution in [0.1, 0.15) is 51.5 Å². The highest BCUT2D eigenvalue weighted by Crippen LogP contribution is 2.42. The second-order valence-corrected chi connectivity index (χ2v) is 10.2. The summed E-state index contributed by atoms with van der Waals surface area (Å²) in [5, 5.41) is 8.69. The first kappa shape index (κ1) is 26.8. The third-order valence-corrected chi connectivity index (χ3v) is 6.57. The molecular weight excluding hydrogens is 474 g/mol.